The van der Waals surface area contributed by atoms with Gasteiger partial charge in [0, 0.05) is 41.9 Å². The van der Waals surface area contributed by atoms with Gasteiger partial charge in [0.2, 0.25) is 5.91 Å². The largest absolute Gasteiger partial charge is 0.339 e. The first-order valence-electron chi connectivity index (χ1n) is 8.95. The quantitative estimate of drug-likeness (QED) is 0.782. The first-order valence-corrected chi connectivity index (χ1v) is 9.83. The fourth-order valence-corrected chi connectivity index (χ4v) is 4.85. The summed E-state index contributed by atoms with van der Waals surface area (Å²) >= 11 is 1.74. The summed E-state index contributed by atoms with van der Waals surface area (Å²) < 4.78 is 0. The van der Waals surface area contributed by atoms with Gasteiger partial charge in [0.1, 0.15) is 0 Å². The molecule has 2 heterocycles. The van der Waals surface area contributed by atoms with Crippen molar-refractivity contribution in [2.75, 3.05) is 26.2 Å². The van der Waals surface area contributed by atoms with Crippen LogP contribution in [0.15, 0.2) is 5.38 Å². The monoisotopic (exact) mass is 348 g/mol. The summed E-state index contributed by atoms with van der Waals surface area (Å²) in [6.07, 6.45) is 3.32. The molecule has 1 aromatic rings. The van der Waals surface area contributed by atoms with E-state index in [4.69, 9.17) is 0 Å². The van der Waals surface area contributed by atoms with E-state index in [9.17, 15) is 9.59 Å². The lowest BCUT2D eigenvalue weighted by atomic mass is 9.88. The SMILES string of the molecule is CC1CCc2c(C(=O)N3CCN(C(=O)C(C)(C)C)CC3)csc2C1. The maximum atomic E-state index is 12.9. The molecule has 0 spiro atoms. The van der Waals surface area contributed by atoms with Crippen molar-refractivity contribution in [3.8, 4) is 0 Å². The number of carbonyl (C=O) groups excluding carboxylic acids is 2. The summed E-state index contributed by atoms with van der Waals surface area (Å²) in [5, 5.41) is 2.05. The fraction of sp³-hybridized carbons (Fsp3) is 0.684. The highest BCUT2D eigenvalue weighted by atomic mass is 32.1. The summed E-state index contributed by atoms with van der Waals surface area (Å²) in [6, 6.07) is 0. The van der Waals surface area contributed by atoms with Crippen molar-refractivity contribution < 1.29 is 9.59 Å². The summed E-state index contributed by atoms with van der Waals surface area (Å²) in [5.41, 5.74) is 1.85. The molecule has 3 rings (SSSR count). The number of carbonyl (C=O) groups is 2. The molecule has 1 aliphatic carbocycles. The summed E-state index contributed by atoms with van der Waals surface area (Å²) in [7, 11) is 0. The zero-order chi connectivity index (χ0) is 17.5. The van der Waals surface area contributed by atoms with Gasteiger partial charge in [-0.1, -0.05) is 27.7 Å². The molecule has 1 saturated heterocycles. The molecule has 1 unspecified atom stereocenters. The van der Waals surface area contributed by atoms with E-state index in [0.717, 1.165) is 24.3 Å². The highest BCUT2D eigenvalue weighted by molar-refractivity contribution is 7.10. The molecule has 0 aromatic carbocycles. The molecule has 5 heteroatoms. The van der Waals surface area contributed by atoms with Crippen molar-refractivity contribution in [2.24, 2.45) is 11.3 Å². The highest BCUT2D eigenvalue weighted by Gasteiger charge is 2.32. The van der Waals surface area contributed by atoms with Crippen LogP contribution in [0.25, 0.3) is 0 Å². The molecular formula is C19H28N2O2S. The Labute approximate surface area is 148 Å². The Bertz CT molecular complexity index is 636. The number of hydrogen-bond acceptors (Lipinski definition) is 3. The van der Waals surface area contributed by atoms with Gasteiger partial charge in [-0.15, -0.1) is 11.3 Å². The number of thiophene rings is 1. The Morgan fingerprint density at radius 2 is 1.75 bits per heavy atom. The maximum absolute atomic E-state index is 12.9. The lowest BCUT2D eigenvalue weighted by Crippen LogP contribution is -2.53. The molecule has 2 amide bonds. The second-order valence-corrected chi connectivity index (χ2v) is 9.20. The molecule has 0 N–H and O–H groups in total. The Morgan fingerprint density at radius 1 is 1.12 bits per heavy atom. The molecule has 1 aromatic heterocycles. The molecule has 4 nitrogen and oxygen atoms in total. The number of nitrogens with zero attached hydrogens (tertiary/aromatic N) is 2. The van der Waals surface area contributed by atoms with Crippen LogP contribution in [0.1, 0.15) is 54.9 Å². The predicted octanol–water partition coefficient (Wildman–Crippen LogP) is 3.20. The van der Waals surface area contributed by atoms with E-state index in [1.165, 1.54) is 16.9 Å². The van der Waals surface area contributed by atoms with Gasteiger partial charge in [-0.05, 0) is 30.7 Å². The van der Waals surface area contributed by atoms with Crippen molar-refractivity contribution in [1.82, 2.24) is 9.80 Å². The Kier molecular flexibility index (Phi) is 4.73. The van der Waals surface area contributed by atoms with Crippen LogP contribution in [-0.2, 0) is 17.6 Å². The number of hydrogen-bond donors (Lipinski definition) is 0. The third-order valence-corrected chi connectivity index (χ3v) is 6.18. The van der Waals surface area contributed by atoms with E-state index in [1.807, 2.05) is 30.6 Å². The number of piperazine rings is 1. The van der Waals surface area contributed by atoms with Crippen LogP contribution >= 0.6 is 11.3 Å². The van der Waals surface area contributed by atoms with Gasteiger partial charge in [-0.3, -0.25) is 9.59 Å². The molecule has 24 heavy (non-hydrogen) atoms. The number of fused-ring (bicyclic) bond motifs is 1. The number of rotatable bonds is 1. The van der Waals surface area contributed by atoms with Gasteiger partial charge in [0.05, 0.1) is 5.56 Å². The van der Waals surface area contributed by atoms with Gasteiger partial charge in [-0.2, -0.15) is 0 Å². The van der Waals surface area contributed by atoms with Gasteiger partial charge >= 0.3 is 0 Å². The summed E-state index contributed by atoms with van der Waals surface area (Å²) in [4.78, 5) is 30.5. The average molecular weight is 349 g/mol. The van der Waals surface area contributed by atoms with Crippen molar-refractivity contribution in [3.63, 3.8) is 0 Å². The third-order valence-electron chi connectivity index (χ3n) is 5.13. The lowest BCUT2D eigenvalue weighted by Gasteiger charge is -2.37. The van der Waals surface area contributed by atoms with E-state index >= 15 is 0 Å². The maximum Gasteiger partial charge on any atom is 0.255 e. The molecule has 1 fully saturated rings. The summed E-state index contributed by atoms with van der Waals surface area (Å²) in [6.45, 7) is 10.7. The van der Waals surface area contributed by atoms with Gasteiger partial charge in [-0.25, -0.2) is 0 Å². The highest BCUT2D eigenvalue weighted by Crippen LogP contribution is 2.33. The normalized spacial score (nSPS) is 21.6. The van der Waals surface area contributed by atoms with Crippen molar-refractivity contribution >= 4 is 23.2 Å². The smallest absolute Gasteiger partial charge is 0.255 e. The minimum absolute atomic E-state index is 0.157. The average Bonchev–Trinajstić information content (AvgIpc) is 2.95. The van der Waals surface area contributed by atoms with Crippen molar-refractivity contribution in [2.45, 2.75) is 47.0 Å². The van der Waals surface area contributed by atoms with E-state index in [1.54, 1.807) is 11.3 Å². The second kappa shape index (κ2) is 6.51. The van der Waals surface area contributed by atoms with Crippen LogP contribution in [0.5, 0.6) is 0 Å². The third kappa shape index (κ3) is 3.37. The van der Waals surface area contributed by atoms with Crippen molar-refractivity contribution in [3.05, 3.63) is 21.4 Å². The molecule has 0 bridgehead atoms. The molecule has 132 valence electrons. The van der Waals surface area contributed by atoms with E-state index in [-0.39, 0.29) is 17.2 Å². The van der Waals surface area contributed by atoms with E-state index < -0.39 is 0 Å². The topological polar surface area (TPSA) is 40.6 Å². The first-order chi connectivity index (χ1) is 11.3. The Morgan fingerprint density at radius 3 is 2.38 bits per heavy atom. The van der Waals surface area contributed by atoms with Gasteiger partial charge in [0.15, 0.2) is 0 Å². The molecule has 0 saturated carbocycles. The molecule has 2 aliphatic rings. The molecule has 1 aliphatic heterocycles. The Hall–Kier alpha value is -1.36. The van der Waals surface area contributed by atoms with Crippen LogP contribution in [0.4, 0.5) is 0 Å². The predicted molar refractivity (Wildman–Crippen MR) is 97.4 cm³/mol. The van der Waals surface area contributed by atoms with Crippen LogP contribution in [0.2, 0.25) is 0 Å². The van der Waals surface area contributed by atoms with Crippen LogP contribution < -0.4 is 0 Å². The standard InChI is InChI=1S/C19H28N2O2S/c1-13-5-6-14-15(12-24-16(14)11-13)17(22)20-7-9-21(10-8-20)18(23)19(2,3)4/h12-13H,5-11H2,1-4H3. The van der Waals surface area contributed by atoms with Crippen LogP contribution in [0, 0.1) is 11.3 Å². The minimum atomic E-state index is -0.352. The van der Waals surface area contributed by atoms with Crippen LogP contribution in [-0.4, -0.2) is 47.8 Å². The minimum Gasteiger partial charge on any atom is -0.339 e. The van der Waals surface area contributed by atoms with Crippen molar-refractivity contribution in [1.29, 1.82) is 0 Å². The second-order valence-electron chi connectivity index (χ2n) is 8.23. The number of amides is 2. The Balaban J connectivity index is 1.65. The van der Waals surface area contributed by atoms with Crippen LogP contribution in [0.3, 0.4) is 0 Å². The summed E-state index contributed by atoms with van der Waals surface area (Å²) in [5.74, 6) is 1.06. The fourth-order valence-electron chi connectivity index (χ4n) is 3.61. The van der Waals surface area contributed by atoms with E-state index in [0.29, 0.717) is 26.2 Å². The zero-order valence-corrected chi connectivity index (χ0v) is 16.0. The van der Waals surface area contributed by atoms with E-state index in [2.05, 4.69) is 12.3 Å². The molecule has 1 atom stereocenters. The van der Waals surface area contributed by atoms with Gasteiger partial charge in [0.25, 0.3) is 5.91 Å². The lowest BCUT2D eigenvalue weighted by molar-refractivity contribution is -0.140. The molecular weight excluding hydrogens is 320 g/mol. The van der Waals surface area contributed by atoms with Gasteiger partial charge < -0.3 is 9.80 Å². The molecule has 0 radical (unpaired) electrons. The first kappa shape index (κ1) is 17.5. The zero-order valence-electron chi connectivity index (χ0n) is 15.2.